The molecular formula is C24H33N11O7. The number of amides is 2. The van der Waals surface area contributed by atoms with Crippen molar-refractivity contribution < 1.29 is 33.6 Å². The summed E-state index contributed by atoms with van der Waals surface area (Å²) in [6.45, 7) is -0.396. The molecule has 2 amide bonds. The van der Waals surface area contributed by atoms with Gasteiger partial charge < -0.3 is 34.3 Å². The Morgan fingerprint density at radius 2 is 1.83 bits per heavy atom. The summed E-state index contributed by atoms with van der Waals surface area (Å²) in [4.78, 5) is 34.9. The third-order valence-corrected chi connectivity index (χ3v) is 7.13. The number of hydrogen-bond donors (Lipinski definition) is 2. The van der Waals surface area contributed by atoms with Gasteiger partial charge in [0.2, 0.25) is 5.91 Å². The number of likely N-dealkylation sites (N-methyl/N-ethyl adjacent to an activating group) is 1. The number of azide groups is 3. The van der Waals surface area contributed by atoms with Gasteiger partial charge in [0.25, 0.3) is 0 Å². The molecule has 1 saturated carbocycles. The summed E-state index contributed by atoms with van der Waals surface area (Å²) < 4.78 is 22.6. The van der Waals surface area contributed by atoms with Gasteiger partial charge in [-0.15, -0.1) is 0 Å². The number of benzene rings is 1. The van der Waals surface area contributed by atoms with Gasteiger partial charge in [0, 0.05) is 28.9 Å². The second kappa shape index (κ2) is 16.2. The van der Waals surface area contributed by atoms with Gasteiger partial charge in [-0.2, -0.15) is 0 Å². The highest BCUT2D eigenvalue weighted by Gasteiger charge is 2.49. The van der Waals surface area contributed by atoms with Crippen LogP contribution in [-0.2, 0) is 30.3 Å². The van der Waals surface area contributed by atoms with E-state index < -0.39 is 67.4 Å². The smallest absolute Gasteiger partial charge is 0.407 e. The van der Waals surface area contributed by atoms with Gasteiger partial charge in [-0.05, 0) is 41.4 Å². The molecule has 1 aromatic rings. The van der Waals surface area contributed by atoms with Crippen LogP contribution in [0, 0.1) is 0 Å². The quantitative estimate of drug-likeness (QED) is 0.210. The zero-order valence-electron chi connectivity index (χ0n) is 23.1. The number of hydrogen-bond acceptors (Lipinski definition) is 10. The van der Waals surface area contributed by atoms with Crippen molar-refractivity contribution in [2.24, 2.45) is 15.3 Å². The Morgan fingerprint density at radius 1 is 1.12 bits per heavy atom. The number of carbonyl (C=O) groups is 2. The van der Waals surface area contributed by atoms with Crippen molar-refractivity contribution >= 4 is 12.0 Å². The van der Waals surface area contributed by atoms with Crippen LogP contribution in [0.5, 0.6) is 0 Å². The Kier molecular flexibility index (Phi) is 12.5. The Labute approximate surface area is 240 Å². The van der Waals surface area contributed by atoms with E-state index in [1.165, 1.54) is 19.1 Å². The normalized spacial score (nSPS) is 28.6. The number of nitrogens with one attached hydrogen (secondary N) is 1. The number of aliphatic hydroxyl groups is 1. The van der Waals surface area contributed by atoms with Crippen LogP contribution in [0.3, 0.4) is 0 Å². The summed E-state index contributed by atoms with van der Waals surface area (Å²) in [6, 6.07) is 6.32. The van der Waals surface area contributed by atoms with E-state index in [9.17, 15) is 20.2 Å². The second-order valence-corrected chi connectivity index (χ2v) is 9.67. The lowest BCUT2D eigenvalue weighted by atomic mass is 9.83. The largest absolute Gasteiger partial charge is 0.445 e. The molecule has 1 aromatic carbocycles. The van der Waals surface area contributed by atoms with Crippen molar-refractivity contribution in [3.63, 3.8) is 0 Å². The van der Waals surface area contributed by atoms with Crippen LogP contribution in [0.4, 0.5) is 4.79 Å². The fourth-order valence-corrected chi connectivity index (χ4v) is 4.99. The molecule has 1 aliphatic carbocycles. The fraction of sp³-hybridized carbons (Fsp3) is 0.667. The average molecular weight is 588 g/mol. The van der Waals surface area contributed by atoms with Gasteiger partial charge in [0.1, 0.15) is 19.3 Å². The topological polar surface area (TPSA) is 253 Å². The Morgan fingerprint density at radius 3 is 2.50 bits per heavy atom. The Balaban J connectivity index is 1.72. The molecule has 1 heterocycles. The minimum atomic E-state index is -1.45. The molecule has 0 spiro atoms. The number of methoxy groups -OCH3 is 1. The number of ether oxygens (including phenoxy) is 4. The van der Waals surface area contributed by atoms with Crippen LogP contribution in [0.2, 0.25) is 0 Å². The maximum Gasteiger partial charge on any atom is 0.407 e. The SMILES string of the molecule is CO[C@H]1C[C@H](N=[N+]=[N-])[C@@H](O[C@H]2O[C@H](CN=[N+]=[N-])CC[C@@H]2N=[N+]=[N-])[C@H](O)[C@@H]1N(C)C(=O)CNC(=O)OCc1ccccc1. The molecule has 2 fully saturated rings. The van der Waals surface area contributed by atoms with Gasteiger partial charge in [0.05, 0.1) is 43.0 Å². The first-order valence-electron chi connectivity index (χ1n) is 13.1. The zero-order valence-corrected chi connectivity index (χ0v) is 23.1. The molecule has 18 nitrogen and oxygen atoms in total. The highest BCUT2D eigenvalue weighted by atomic mass is 16.7. The van der Waals surface area contributed by atoms with Gasteiger partial charge in [-0.25, -0.2) is 4.79 Å². The molecule has 0 aromatic heterocycles. The van der Waals surface area contributed by atoms with Gasteiger partial charge >= 0.3 is 6.09 Å². The number of rotatable bonds is 12. The van der Waals surface area contributed by atoms with E-state index in [0.717, 1.165) is 5.56 Å². The van der Waals surface area contributed by atoms with Crippen LogP contribution in [0.1, 0.15) is 24.8 Å². The first-order chi connectivity index (χ1) is 20.3. The van der Waals surface area contributed by atoms with Crippen LogP contribution >= 0.6 is 0 Å². The summed E-state index contributed by atoms with van der Waals surface area (Å²) in [5.74, 6) is -0.561. The predicted molar refractivity (Wildman–Crippen MR) is 145 cm³/mol. The summed E-state index contributed by atoms with van der Waals surface area (Å²) in [5.41, 5.74) is 27.6. The molecule has 3 rings (SSSR count). The lowest BCUT2D eigenvalue weighted by molar-refractivity contribution is -0.253. The molecule has 8 atom stereocenters. The highest BCUT2D eigenvalue weighted by molar-refractivity contribution is 5.82. The van der Waals surface area contributed by atoms with Gasteiger partial charge in [0.15, 0.2) is 6.29 Å². The van der Waals surface area contributed by atoms with Crippen molar-refractivity contribution in [2.45, 2.75) is 74.7 Å². The monoisotopic (exact) mass is 587 g/mol. The summed E-state index contributed by atoms with van der Waals surface area (Å²) in [5, 5.41) is 24.9. The number of carbonyl (C=O) groups excluding carboxylic acids is 2. The molecule has 1 aliphatic heterocycles. The zero-order chi connectivity index (χ0) is 30.5. The average Bonchev–Trinajstić information content (AvgIpc) is 3.00. The molecule has 18 heteroatoms. The molecule has 0 unspecified atom stereocenters. The Bertz CT molecular complexity index is 1200. The van der Waals surface area contributed by atoms with E-state index in [1.54, 1.807) is 24.3 Å². The Hall–Kier alpha value is -4.27. The van der Waals surface area contributed by atoms with Crippen LogP contribution in [0.15, 0.2) is 45.7 Å². The second-order valence-electron chi connectivity index (χ2n) is 9.67. The molecule has 0 radical (unpaired) electrons. The highest BCUT2D eigenvalue weighted by Crippen LogP contribution is 2.33. The van der Waals surface area contributed by atoms with E-state index in [4.69, 9.17) is 30.0 Å². The molecule has 2 aliphatic rings. The van der Waals surface area contributed by atoms with E-state index in [1.807, 2.05) is 6.07 Å². The minimum Gasteiger partial charge on any atom is -0.445 e. The van der Waals surface area contributed by atoms with E-state index >= 15 is 0 Å². The third kappa shape index (κ3) is 8.61. The van der Waals surface area contributed by atoms with Crippen LogP contribution < -0.4 is 5.32 Å². The summed E-state index contributed by atoms with van der Waals surface area (Å²) in [7, 11) is 2.82. The van der Waals surface area contributed by atoms with Crippen LogP contribution in [0.25, 0.3) is 31.3 Å². The van der Waals surface area contributed by atoms with Crippen molar-refractivity contribution in [3.05, 3.63) is 67.2 Å². The molecule has 42 heavy (non-hydrogen) atoms. The van der Waals surface area contributed by atoms with E-state index in [0.29, 0.717) is 12.8 Å². The van der Waals surface area contributed by atoms with Gasteiger partial charge in [-0.3, -0.25) is 4.79 Å². The lowest BCUT2D eigenvalue weighted by Crippen LogP contribution is -2.64. The van der Waals surface area contributed by atoms with Crippen molar-refractivity contribution in [3.8, 4) is 0 Å². The van der Waals surface area contributed by atoms with Crippen molar-refractivity contribution in [1.29, 1.82) is 0 Å². The van der Waals surface area contributed by atoms with E-state index in [2.05, 4.69) is 35.4 Å². The molecule has 2 N–H and O–H groups in total. The first-order valence-corrected chi connectivity index (χ1v) is 13.1. The molecule has 1 saturated heterocycles. The minimum absolute atomic E-state index is 0.0126. The number of alkyl carbamates (subject to hydrolysis) is 1. The summed E-state index contributed by atoms with van der Waals surface area (Å²) >= 11 is 0. The first kappa shape index (κ1) is 32.2. The summed E-state index contributed by atoms with van der Waals surface area (Å²) in [6.07, 6.45) is -5.06. The maximum atomic E-state index is 13.1. The standard InChI is InChI=1S/C24H33N11O7/c1-35(19(36)12-28-24(38)40-13-14-6-4-3-5-7-14)20-18(39-2)10-17(31-34-27)22(21(20)37)42-23-16(30-33-26)9-8-15(41-23)11-29-32-25/h3-7,15-18,20-23,37H,8-13H2,1-2H3,(H,28,38)/t15-,16-,17-,18-,20+,21+,22+,23+/m0/s1. The van der Waals surface area contributed by atoms with Gasteiger partial charge in [-0.1, -0.05) is 45.7 Å². The molecule has 0 bridgehead atoms. The van der Waals surface area contributed by atoms with Crippen LogP contribution in [-0.4, -0.2) is 98.1 Å². The lowest BCUT2D eigenvalue weighted by Gasteiger charge is -2.47. The molecule has 226 valence electrons. The molecular weight excluding hydrogens is 554 g/mol. The van der Waals surface area contributed by atoms with E-state index in [-0.39, 0.29) is 19.6 Å². The third-order valence-electron chi connectivity index (χ3n) is 7.13. The van der Waals surface area contributed by atoms with Crippen molar-refractivity contribution in [1.82, 2.24) is 10.2 Å². The predicted octanol–water partition coefficient (Wildman–Crippen LogP) is 3.08. The number of aliphatic hydroxyl groups excluding tert-OH is 1. The van der Waals surface area contributed by atoms with Crippen molar-refractivity contribution in [2.75, 3.05) is 27.2 Å². The fourth-order valence-electron chi connectivity index (χ4n) is 4.99. The maximum absolute atomic E-state index is 13.1. The number of nitrogens with zero attached hydrogens (tertiary/aromatic N) is 10.